The van der Waals surface area contributed by atoms with Crippen molar-refractivity contribution in [1.29, 1.82) is 0 Å². The maximum Gasteiger partial charge on any atom is 0.243 e. The number of nitrogens with one attached hydrogen (secondary N) is 2. The van der Waals surface area contributed by atoms with Crippen LogP contribution in [0.2, 0.25) is 0 Å². The number of carbonyl (C=O) groups is 1. The Hall–Kier alpha value is -2.40. The van der Waals surface area contributed by atoms with Crippen LogP contribution in [0.5, 0.6) is 11.5 Å². The van der Waals surface area contributed by atoms with Gasteiger partial charge in [-0.05, 0) is 32.0 Å². The minimum absolute atomic E-state index is 0. The SMILES string of the molecule is CCOc1cc2c(cc1NC(=O)CNc1ccccc1)OC(C)C2.Cl. The van der Waals surface area contributed by atoms with Crippen molar-refractivity contribution in [2.75, 3.05) is 23.8 Å². The highest BCUT2D eigenvalue weighted by atomic mass is 35.5. The molecule has 1 atom stereocenters. The lowest BCUT2D eigenvalue weighted by Gasteiger charge is -2.14. The van der Waals surface area contributed by atoms with Crippen LogP contribution >= 0.6 is 12.4 Å². The van der Waals surface area contributed by atoms with Crippen molar-refractivity contribution in [3.8, 4) is 11.5 Å². The minimum atomic E-state index is -0.134. The van der Waals surface area contributed by atoms with Crippen molar-refractivity contribution >= 4 is 29.7 Å². The lowest BCUT2D eigenvalue weighted by atomic mass is 10.1. The molecule has 0 fully saturated rings. The summed E-state index contributed by atoms with van der Waals surface area (Å²) in [6.45, 7) is 4.68. The van der Waals surface area contributed by atoms with E-state index in [1.807, 2.05) is 56.3 Å². The molecule has 5 nitrogen and oxygen atoms in total. The summed E-state index contributed by atoms with van der Waals surface area (Å²) in [5.41, 5.74) is 2.67. The van der Waals surface area contributed by atoms with Gasteiger partial charge in [0.25, 0.3) is 0 Å². The highest BCUT2D eigenvalue weighted by Crippen LogP contribution is 2.38. The van der Waals surface area contributed by atoms with Crippen molar-refractivity contribution < 1.29 is 14.3 Å². The Morgan fingerprint density at radius 2 is 2.04 bits per heavy atom. The molecule has 1 aliphatic rings. The van der Waals surface area contributed by atoms with Gasteiger partial charge >= 0.3 is 0 Å². The molecule has 1 aliphatic heterocycles. The fraction of sp³-hybridized carbons (Fsp3) is 0.316. The number of halogens is 1. The Labute approximate surface area is 154 Å². The van der Waals surface area contributed by atoms with Gasteiger partial charge in [-0.1, -0.05) is 18.2 Å². The zero-order valence-corrected chi connectivity index (χ0v) is 15.2. The summed E-state index contributed by atoms with van der Waals surface area (Å²) >= 11 is 0. The Kier molecular flexibility index (Phi) is 6.53. The van der Waals surface area contributed by atoms with Gasteiger partial charge in [-0.3, -0.25) is 4.79 Å². The molecule has 0 bridgehead atoms. The van der Waals surface area contributed by atoms with E-state index >= 15 is 0 Å². The second kappa shape index (κ2) is 8.62. The highest BCUT2D eigenvalue weighted by Gasteiger charge is 2.22. The lowest BCUT2D eigenvalue weighted by Crippen LogP contribution is -2.22. The van der Waals surface area contributed by atoms with E-state index in [9.17, 15) is 4.79 Å². The fourth-order valence-electron chi connectivity index (χ4n) is 2.74. The Balaban J connectivity index is 0.00000225. The molecule has 6 heteroatoms. The van der Waals surface area contributed by atoms with Crippen LogP contribution in [0.1, 0.15) is 19.4 Å². The molecule has 0 radical (unpaired) electrons. The third-order valence-corrected chi connectivity index (χ3v) is 3.80. The first-order valence-electron chi connectivity index (χ1n) is 8.21. The van der Waals surface area contributed by atoms with Gasteiger partial charge < -0.3 is 20.1 Å². The quantitative estimate of drug-likeness (QED) is 0.818. The van der Waals surface area contributed by atoms with Gasteiger partial charge in [0.1, 0.15) is 17.6 Å². The Bertz CT molecular complexity index is 722. The van der Waals surface area contributed by atoms with Gasteiger partial charge in [-0.2, -0.15) is 0 Å². The normalized spacial score (nSPS) is 14.7. The summed E-state index contributed by atoms with van der Waals surface area (Å²) < 4.78 is 11.4. The second-order valence-electron chi connectivity index (χ2n) is 5.79. The first-order chi connectivity index (χ1) is 11.7. The average Bonchev–Trinajstić information content (AvgIpc) is 2.93. The van der Waals surface area contributed by atoms with Crippen LogP contribution in [0.15, 0.2) is 42.5 Å². The summed E-state index contributed by atoms with van der Waals surface area (Å²) in [5.74, 6) is 1.37. The largest absolute Gasteiger partial charge is 0.492 e. The maximum absolute atomic E-state index is 12.2. The van der Waals surface area contributed by atoms with Crippen LogP contribution in [0.4, 0.5) is 11.4 Å². The van der Waals surface area contributed by atoms with Crippen LogP contribution < -0.4 is 20.1 Å². The Morgan fingerprint density at radius 1 is 1.28 bits per heavy atom. The van der Waals surface area contributed by atoms with E-state index in [0.717, 1.165) is 23.4 Å². The predicted molar refractivity (Wildman–Crippen MR) is 102 cm³/mol. The molecule has 1 heterocycles. The number of anilines is 2. The molecule has 0 spiro atoms. The van der Waals surface area contributed by atoms with Crippen molar-refractivity contribution in [3.05, 3.63) is 48.0 Å². The topological polar surface area (TPSA) is 59.6 Å². The van der Waals surface area contributed by atoms with Gasteiger partial charge in [0, 0.05) is 23.7 Å². The van der Waals surface area contributed by atoms with Gasteiger partial charge in [-0.15, -0.1) is 12.4 Å². The summed E-state index contributed by atoms with van der Waals surface area (Å²) in [6.07, 6.45) is 1.01. The lowest BCUT2D eigenvalue weighted by molar-refractivity contribution is -0.114. The second-order valence-corrected chi connectivity index (χ2v) is 5.79. The third kappa shape index (κ3) is 4.79. The van der Waals surface area contributed by atoms with Crippen LogP contribution in [-0.4, -0.2) is 25.2 Å². The molecular formula is C19H23ClN2O3. The molecule has 2 aromatic carbocycles. The highest BCUT2D eigenvalue weighted by molar-refractivity contribution is 5.95. The molecule has 134 valence electrons. The van der Waals surface area contributed by atoms with E-state index < -0.39 is 0 Å². The maximum atomic E-state index is 12.2. The van der Waals surface area contributed by atoms with Crippen molar-refractivity contribution in [3.63, 3.8) is 0 Å². The molecule has 1 amide bonds. The average molecular weight is 363 g/mol. The van der Waals surface area contributed by atoms with Gasteiger partial charge in [0.15, 0.2) is 0 Å². The number of hydrogen-bond acceptors (Lipinski definition) is 4. The number of fused-ring (bicyclic) bond motifs is 1. The number of amides is 1. The molecule has 1 unspecified atom stereocenters. The van der Waals surface area contributed by atoms with E-state index in [1.165, 1.54) is 0 Å². The van der Waals surface area contributed by atoms with E-state index in [4.69, 9.17) is 9.47 Å². The molecule has 0 saturated heterocycles. The number of para-hydroxylation sites is 1. The number of benzene rings is 2. The van der Waals surface area contributed by atoms with Gasteiger partial charge in [0.05, 0.1) is 18.8 Å². The summed E-state index contributed by atoms with van der Waals surface area (Å²) in [7, 11) is 0. The Morgan fingerprint density at radius 3 is 2.76 bits per heavy atom. The summed E-state index contributed by atoms with van der Waals surface area (Å²) in [4.78, 5) is 12.2. The first kappa shape index (κ1) is 18.9. The van der Waals surface area contributed by atoms with E-state index in [-0.39, 0.29) is 31.0 Å². The number of rotatable bonds is 6. The molecule has 25 heavy (non-hydrogen) atoms. The van der Waals surface area contributed by atoms with Gasteiger partial charge in [0.2, 0.25) is 5.91 Å². The number of ether oxygens (including phenoxy) is 2. The van der Waals surface area contributed by atoms with Gasteiger partial charge in [-0.25, -0.2) is 0 Å². The number of carbonyl (C=O) groups excluding carboxylic acids is 1. The molecule has 2 N–H and O–H groups in total. The first-order valence-corrected chi connectivity index (χ1v) is 8.21. The molecule has 0 saturated carbocycles. The minimum Gasteiger partial charge on any atom is -0.492 e. The third-order valence-electron chi connectivity index (χ3n) is 3.80. The smallest absolute Gasteiger partial charge is 0.243 e. The predicted octanol–water partition coefficient (Wildman–Crippen LogP) is 3.88. The van der Waals surface area contributed by atoms with Crippen molar-refractivity contribution in [2.24, 2.45) is 0 Å². The number of hydrogen-bond donors (Lipinski definition) is 2. The van der Waals surface area contributed by atoms with Crippen LogP contribution in [0.25, 0.3) is 0 Å². The van der Waals surface area contributed by atoms with Crippen molar-refractivity contribution in [2.45, 2.75) is 26.4 Å². The fourth-order valence-corrected chi connectivity index (χ4v) is 2.74. The zero-order chi connectivity index (χ0) is 16.9. The summed E-state index contributed by atoms with van der Waals surface area (Å²) in [6, 6.07) is 13.4. The van der Waals surface area contributed by atoms with E-state index in [1.54, 1.807) is 0 Å². The molecule has 0 aromatic heterocycles. The van der Waals surface area contributed by atoms with E-state index in [0.29, 0.717) is 18.0 Å². The molecule has 2 aromatic rings. The standard InChI is InChI=1S/C19H22N2O3.ClH/c1-3-23-18-10-14-9-13(2)24-17(14)11-16(18)21-19(22)12-20-15-7-5-4-6-8-15;/h4-8,10-11,13,20H,3,9,12H2,1-2H3,(H,21,22);1H. The van der Waals surface area contributed by atoms with Crippen molar-refractivity contribution in [1.82, 2.24) is 0 Å². The summed E-state index contributed by atoms with van der Waals surface area (Å²) in [5, 5.41) is 6.00. The molecule has 3 rings (SSSR count). The van der Waals surface area contributed by atoms with Crippen LogP contribution in [0, 0.1) is 0 Å². The molecular weight excluding hydrogens is 340 g/mol. The van der Waals surface area contributed by atoms with Crippen LogP contribution in [-0.2, 0) is 11.2 Å². The molecule has 0 aliphatic carbocycles. The zero-order valence-electron chi connectivity index (χ0n) is 14.4. The van der Waals surface area contributed by atoms with Crippen LogP contribution in [0.3, 0.4) is 0 Å². The monoisotopic (exact) mass is 362 g/mol. The van der Waals surface area contributed by atoms with E-state index in [2.05, 4.69) is 10.6 Å².